The fourth-order valence-corrected chi connectivity index (χ4v) is 4.18. The Morgan fingerprint density at radius 2 is 1.84 bits per heavy atom. The Kier molecular flexibility index (Phi) is 6.82. The van der Waals surface area contributed by atoms with Crippen LogP contribution in [-0.2, 0) is 4.79 Å². The molecule has 2 heterocycles. The molecule has 2 aliphatic heterocycles. The molecule has 0 saturated carbocycles. The fourth-order valence-electron chi connectivity index (χ4n) is 4.18. The van der Waals surface area contributed by atoms with Gasteiger partial charge in [0.2, 0.25) is 0 Å². The number of carbonyl (C=O) groups is 1. The van der Waals surface area contributed by atoms with Gasteiger partial charge in [-0.25, -0.2) is 0 Å². The van der Waals surface area contributed by atoms with Crippen LogP contribution in [0.2, 0.25) is 0 Å². The average molecular weight is 427 g/mol. The summed E-state index contributed by atoms with van der Waals surface area (Å²) in [6.07, 6.45) is -0.138. The van der Waals surface area contributed by atoms with Gasteiger partial charge in [-0.2, -0.15) is 0 Å². The molecule has 0 bridgehead atoms. The van der Waals surface area contributed by atoms with Crippen LogP contribution >= 0.6 is 0 Å². The van der Waals surface area contributed by atoms with Crippen LogP contribution in [0.5, 0.6) is 17.2 Å². The van der Waals surface area contributed by atoms with Crippen LogP contribution < -0.4 is 24.0 Å². The number of ether oxygens (including phenoxy) is 3. The van der Waals surface area contributed by atoms with Gasteiger partial charge >= 0.3 is 0 Å². The lowest BCUT2D eigenvalue weighted by atomic mass is 10.2. The van der Waals surface area contributed by atoms with Gasteiger partial charge in [0.1, 0.15) is 12.4 Å². The Morgan fingerprint density at radius 3 is 2.52 bits per heavy atom. The second-order valence-electron chi connectivity index (χ2n) is 8.04. The van der Waals surface area contributed by atoms with Crippen LogP contribution in [-0.4, -0.2) is 76.4 Å². The van der Waals surface area contributed by atoms with E-state index in [4.69, 9.17) is 14.2 Å². The van der Waals surface area contributed by atoms with E-state index in [2.05, 4.69) is 17.0 Å². The minimum atomic E-state index is -0.138. The molecule has 7 nitrogen and oxygen atoms in total. The van der Waals surface area contributed by atoms with Crippen molar-refractivity contribution >= 4 is 11.6 Å². The maximum absolute atomic E-state index is 13.0. The largest absolute Gasteiger partial charge is 0.497 e. The van der Waals surface area contributed by atoms with E-state index in [-0.39, 0.29) is 12.0 Å². The van der Waals surface area contributed by atoms with E-state index in [1.54, 1.807) is 7.11 Å². The van der Waals surface area contributed by atoms with Gasteiger partial charge in [0.25, 0.3) is 5.91 Å². The minimum Gasteiger partial charge on any atom is -0.497 e. The number of quaternary nitrogens is 1. The maximum atomic E-state index is 13.0. The van der Waals surface area contributed by atoms with Crippen molar-refractivity contribution in [3.63, 3.8) is 0 Å². The molecule has 2 aromatic carbocycles. The number of fused-ring (bicyclic) bond motifs is 1. The smallest absolute Gasteiger partial charge is 0.277 e. The third-order valence-corrected chi connectivity index (χ3v) is 6.04. The van der Waals surface area contributed by atoms with E-state index in [0.717, 1.165) is 43.4 Å². The first-order chi connectivity index (χ1) is 15.2. The Balaban J connectivity index is 1.25. The highest BCUT2D eigenvalue weighted by molar-refractivity contribution is 5.77. The van der Waals surface area contributed by atoms with Crippen LogP contribution in [0.1, 0.15) is 6.92 Å². The molecule has 1 fully saturated rings. The maximum Gasteiger partial charge on any atom is 0.277 e. The molecular formula is C24H32N3O4+. The van der Waals surface area contributed by atoms with Crippen molar-refractivity contribution in [2.75, 3.05) is 64.4 Å². The lowest BCUT2D eigenvalue weighted by Crippen LogP contribution is -3.16. The first-order valence-electron chi connectivity index (χ1n) is 11.0. The molecule has 2 aliphatic rings. The zero-order valence-electron chi connectivity index (χ0n) is 18.4. The second kappa shape index (κ2) is 9.92. The summed E-state index contributed by atoms with van der Waals surface area (Å²) >= 11 is 0. The number of piperazine rings is 1. The Labute approximate surface area is 184 Å². The number of carbonyl (C=O) groups excluding carboxylic acids is 1. The zero-order chi connectivity index (χ0) is 21.6. The molecule has 31 heavy (non-hydrogen) atoms. The summed E-state index contributed by atoms with van der Waals surface area (Å²) in [7, 11) is 1.68. The summed E-state index contributed by atoms with van der Waals surface area (Å²) in [4.78, 5) is 18.6. The molecule has 1 saturated heterocycles. The number of anilines is 1. The standard InChI is InChI=1S/C24H31N3O4/c1-3-26(16-21-18-30-22-6-4-5-7-23(22)31-21)24(28)17-25-12-14-27(15-13-25)19-8-10-20(29-2)11-9-19/h4-11,21H,3,12-18H2,1-2H3/p+1/t21-/m1/s1. The van der Waals surface area contributed by atoms with Gasteiger partial charge in [-0.05, 0) is 43.3 Å². The molecule has 1 amide bonds. The van der Waals surface area contributed by atoms with Gasteiger partial charge in [-0.1, -0.05) is 12.1 Å². The van der Waals surface area contributed by atoms with Gasteiger partial charge in [-0.3, -0.25) is 4.79 Å². The fraction of sp³-hybridized carbons (Fsp3) is 0.458. The summed E-state index contributed by atoms with van der Waals surface area (Å²) in [5.41, 5.74) is 1.20. The number of hydrogen-bond donors (Lipinski definition) is 1. The van der Waals surface area contributed by atoms with E-state index in [0.29, 0.717) is 26.2 Å². The average Bonchev–Trinajstić information content (AvgIpc) is 2.83. The minimum absolute atomic E-state index is 0.138. The summed E-state index contributed by atoms with van der Waals surface area (Å²) in [6, 6.07) is 15.9. The van der Waals surface area contributed by atoms with E-state index < -0.39 is 0 Å². The van der Waals surface area contributed by atoms with Gasteiger partial charge in [-0.15, -0.1) is 0 Å². The molecule has 1 N–H and O–H groups in total. The highest BCUT2D eigenvalue weighted by Gasteiger charge is 2.28. The molecular weight excluding hydrogens is 394 g/mol. The number of benzene rings is 2. The number of nitrogens with zero attached hydrogens (tertiary/aromatic N) is 2. The lowest BCUT2D eigenvalue weighted by Gasteiger charge is -2.35. The number of nitrogens with one attached hydrogen (secondary N) is 1. The van der Waals surface area contributed by atoms with E-state index in [9.17, 15) is 4.79 Å². The number of likely N-dealkylation sites (N-methyl/N-ethyl adjacent to an activating group) is 1. The van der Waals surface area contributed by atoms with E-state index >= 15 is 0 Å². The first kappa shape index (κ1) is 21.3. The number of amides is 1. The summed E-state index contributed by atoms with van der Waals surface area (Å²) in [6.45, 7) is 8.02. The molecule has 7 heteroatoms. The van der Waals surface area contributed by atoms with Crippen molar-refractivity contribution in [2.45, 2.75) is 13.0 Å². The van der Waals surface area contributed by atoms with Crippen molar-refractivity contribution in [1.29, 1.82) is 0 Å². The van der Waals surface area contributed by atoms with Crippen molar-refractivity contribution < 1.29 is 23.9 Å². The molecule has 1 atom stereocenters. The van der Waals surface area contributed by atoms with Crippen molar-refractivity contribution in [1.82, 2.24) is 4.90 Å². The number of rotatable bonds is 7. The number of para-hydroxylation sites is 2. The van der Waals surface area contributed by atoms with Crippen LogP contribution in [0, 0.1) is 0 Å². The zero-order valence-corrected chi connectivity index (χ0v) is 18.4. The Hall–Kier alpha value is -2.93. The topological polar surface area (TPSA) is 55.7 Å². The molecule has 0 aromatic heterocycles. The van der Waals surface area contributed by atoms with Gasteiger partial charge in [0.15, 0.2) is 24.1 Å². The monoisotopic (exact) mass is 426 g/mol. The molecule has 2 aromatic rings. The van der Waals surface area contributed by atoms with Crippen LogP contribution in [0.4, 0.5) is 5.69 Å². The lowest BCUT2D eigenvalue weighted by molar-refractivity contribution is -0.892. The third-order valence-electron chi connectivity index (χ3n) is 6.04. The highest BCUT2D eigenvalue weighted by atomic mass is 16.6. The van der Waals surface area contributed by atoms with Crippen molar-refractivity contribution in [3.8, 4) is 17.2 Å². The molecule has 4 rings (SSSR count). The quantitative estimate of drug-likeness (QED) is 0.718. The molecule has 0 radical (unpaired) electrons. The predicted molar refractivity (Wildman–Crippen MR) is 119 cm³/mol. The second-order valence-corrected chi connectivity index (χ2v) is 8.04. The third kappa shape index (κ3) is 5.22. The van der Waals surface area contributed by atoms with E-state index in [1.165, 1.54) is 10.6 Å². The molecule has 0 spiro atoms. The van der Waals surface area contributed by atoms with Crippen molar-refractivity contribution in [2.24, 2.45) is 0 Å². The Bertz CT molecular complexity index is 865. The van der Waals surface area contributed by atoms with Crippen LogP contribution in [0.15, 0.2) is 48.5 Å². The van der Waals surface area contributed by atoms with Gasteiger partial charge in [0.05, 0.1) is 39.8 Å². The first-order valence-corrected chi connectivity index (χ1v) is 11.0. The Morgan fingerprint density at radius 1 is 1.13 bits per heavy atom. The summed E-state index contributed by atoms with van der Waals surface area (Å²) in [5.74, 6) is 2.57. The highest BCUT2D eigenvalue weighted by Crippen LogP contribution is 2.31. The van der Waals surface area contributed by atoms with Crippen LogP contribution in [0.25, 0.3) is 0 Å². The van der Waals surface area contributed by atoms with Crippen molar-refractivity contribution in [3.05, 3.63) is 48.5 Å². The number of methoxy groups -OCH3 is 1. The van der Waals surface area contributed by atoms with Crippen LogP contribution in [0.3, 0.4) is 0 Å². The summed E-state index contributed by atoms with van der Waals surface area (Å²) in [5, 5.41) is 0. The SMILES string of the molecule is CCN(C[C@@H]1COc2ccccc2O1)C(=O)C[NH+]1CCN(c2ccc(OC)cc2)CC1. The molecule has 166 valence electrons. The molecule has 0 unspecified atom stereocenters. The predicted octanol–water partition coefficient (Wildman–Crippen LogP) is 1.09. The van der Waals surface area contributed by atoms with Gasteiger partial charge < -0.3 is 28.9 Å². The summed E-state index contributed by atoms with van der Waals surface area (Å²) < 4.78 is 17.1. The van der Waals surface area contributed by atoms with Gasteiger partial charge in [0, 0.05) is 12.2 Å². The normalized spacial score (nSPS) is 18.5. The molecule has 0 aliphatic carbocycles. The van der Waals surface area contributed by atoms with E-state index in [1.807, 2.05) is 48.2 Å². The number of hydrogen-bond acceptors (Lipinski definition) is 5.